The summed E-state index contributed by atoms with van der Waals surface area (Å²) in [5, 5.41) is 9.06. The van der Waals surface area contributed by atoms with Gasteiger partial charge in [-0.1, -0.05) is 41.6 Å². The van der Waals surface area contributed by atoms with Crippen LogP contribution in [0.2, 0.25) is 5.02 Å². The lowest BCUT2D eigenvalue weighted by Gasteiger charge is -2.27. The van der Waals surface area contributed by atoms with Gasteiger partial charge in [0.2, 0.25) is 10.0 Å². The summed E-state index contributed by atoms with van der Waals surface area (Å²) in [6.07, 6.45) is 6.52. The minimum absolute atomic E-state index is 0.305. The number of imidazole rings is 1. The molecule has 0 saturated carbocycles. The van der Waals surface area contributed by atoms with E-state index < -0.39 is 10.0 Å². The number of hydrogen-bond donors (Lipinski definition) is 1. The van der Waals surface area contributed by atoms with Gasteiger partial charge >= 0.3 is 0 Å². The third-order valence-electron chi connectivity index (χ3n) is 8.60. The van der Waals surface area contributed by atoms with Gasteiger partial charge in [-0.15, -0.1) is 0 Å². The summed E-state index contributed by atoms with van der Waals surface area (Å²) in [6, 6.07) is 13.9. The fraction of sp³-hybridized carbons (Fsp3) is 0.412. The molecule has 2 aromatic heterocycles. The summed E-state index contributed by atoms with van der Waals surface area (Å²) in [6.45, 7) is 7.46. The highest BCUT2D eigenvalue weighted by atomic mass is 35.5. The number of aryl methyl sites for hydroxylation is 2. The lowest BCUT2D eigenvalue weighted by atomic mass is 10.0. The van der Waals surface area contributed by atoms with Crippen LogP contribution in [0.4, 0.5) is 0 Å². The number of benzene rings is 2. The summed E-state index contributed by atoms with van der Waals surface area (Å²) < 4.78 is 36.1. The Kier molecular flexibility index (Phi) is 10.2. The predicted octanol–water partition coefficient (Wildman–Crippen LogP) is 3.67. The van der Waals surface area contributed by atoms with Crippen molar-refractivity contribution in [1.82, 2.24) is 33.9 Å². The number of hydrogen-bond acceptors (Lipinski definition) is 7. The molecule has 0 aliphatic carbocycles. The molecule has 1 N–H and O–H groups in total. The maximum absolute atomic E-state index is 12.5. The second-order valence-corrected chi connectivity index (χ2v) is 14.3. The summed E-state index contributed by atoms with van der Waals surface area (Å²) in [5.74, 6) is 6.51. The van der Waals surface area contributed by atoms with E-state index in [1.54, 1.807) is 6.33 Å². The van der Waals surface area contributed by atoms with Crippen molar-refractivity contribution >= 4 is 21.6 Å². The Morgan fingerprint density at radius 1 is 1.02 bits per heavy atom. The molecule has 10 nitrogen and oxygen atoms in total. The second-order valence-electron chi connectivity index (χ2n) is 11.9. The number of fused-ring (bicyclic) bond motifs is 1. The third-order valence-corrected chi connectivity index (χ3v) is 10.2. The van der Waals surface area contributed by atoms with Gasteiger partial charge in [0.05, 0.1) is 42.2 Å². The fourth-order valence-electron chi connectivity index (χ4n) is 5.94. The molecule has 0 bridgehead atoms. The van der Waals surface area contributed by atoms with E-state index in [-0.39, 0.29) is 0 Å². The maximum atomic E-state index is 12.5. The molecule has 1 fully saturated rings. The molecule has 0 atom stereocenters. The Morgan fingerprint density at radius 2 is 1.83 bits per heavy atom. The van der Waals surface area contributed by atoms with Crippen LogP contribution in [0.3, 0.4) is 0 Å². The zero-order valence-corrected chi connectivity index (χ0v) is 27.9. The highest BCUT2D eigenvalue weighted by molar-refractivity contribution is 7.88. The molecule has 0 unspecified atom stereocenters. The third kappa shape index (κ3) is 7.89. The molecule has 2 aliphatic rings. The molecule has 0 spiro atoms. The summed E-state index contributed by atoms with van der Waals surface area (Å²) in [7, 11) is -1.35. The zero-order valence-electron chi connectivity index (χ0n) is 26.4. The molecule has 4 aromatic rings. The van der Waals surface area contributed by atoms with Crippen LogP contribution in [0.5, 0.6) is 0 Å². The Morgan fingerprint density at radius 3 is 2.57 bits per heavy atom. The van der Waals surface area contributed by atoms with Crippen LogP contribution in [-0.4, -0.2) is 82.6 Å². The van der Waals surface area contributed by atoms with Crippen LogP contribution in [0, 0.1) is 11.8 Å². The van der Waals surface area contributed by atoms with Gasteiger partial charge < -0.3 is 14.6 Å². The highest BCUT2D eigenvalue weighted by Gasteiger charge is 2.30. The van der Waals surface area contributed by atoms with Crippen LogP contribution in [0.15, 0.2) is 55.0 Å². The van der Waals surface area contributed by atoms with Crippen molar-refractivity contribution in [1.29, 1.82) is 0 Å². The topological polar surface area (TPSA) is 97.5 Å². The Bertz CT molecular complexity index is 1830. The normalized spacial score (nSPS) is 15.8. The monoisotopic (exact) mass is 661 g/mol. The maximum Gasteiger partial charge on any atom is 0.211 e. The first kappa shape index (κ1) is 32.4. The first-order valence-corrected chi connectivity index (χ1v) is 17.9. The average Bonchev–Trinajstić information content (AvgIpc) is 3.64. The number of ether oxygens (including phenoxy) is 1. The van der Waals surface area contributed by atoms with E-state index in [1.807, 2.05) is 48.1 Å². The number of nitrogens with zero attached hydrogens (tertiary/aromatic N) is 6. The molecular weight excluding hydrogens is 622 g/mol. The van der Waals surface area contributed by atoms with Crippen LogP contribution >= 0.6 is 11.6 Å². The minimum atomic E-state index is -3.34. The van der Waals surface area contributed by atoms with Gasteiger partial charge in [-0.2, -0.15) is 9.40 Å². The van der Waals surface area contributed by atoms with Crippen molar-refractivity contribution in [2.24, 2.45) is 7.05 Å². The van der Waals surface area contributed by atoms with Gasteiger partial charge in [0.15, 0.2) is 0 Å². The van der Waals surface area contributed by atoms with Crippen molar-refractivity contribution in [2.75, 3.05) is 45.6 Å². The fourth-order valence-corrected chi connectivity index (χ4v) is 6.89. The molecular formula is C34H40ClN7O3S. The largest absolute Gasteiger partial charge is 0.379 e. The molecule has 2 aliphatic heterocycles. The zero-order chi connectivity index (χ0) is 32.1. The number of morpholine rings is 1. The van der Waals surface area contributed by atoms with E-state index in [0.717, 1.165) is 92.7 Å². The standard InChI is InChI=1S/C34H40ClN7O3S/c1-39-25-37-23-30(39)22-36-21-27-6-4-26(5-7-27)8-9-28-20-29(10-11-32(28)35)34-31-24-41(46(2,43)44)15-12-33(31)42(38-34)14-3-13-40-16-18-45-19-17-40/h4-7,10-11,20,23,25,36H,3,12-19,21-22,24H2,1-2H3. The Balaban J connectivity index is 1.19. The van der Waals surface area contributed by atoms with Gasteiger partial charge in [0, 0.05) is 100.0 Å². The Hall–Kier alpha value is -3.50. The number of rotatable bonds is 10. The summed E-state index contributed by atoms with van der Waals surface area (Å²) >= 11 is 6.62. The Labute approximate surface area is 276 Å². The molecule has 12 heteroatoms. The van der Waals surface area contributed by atoms with E-state index >= 15 is 0 Å². The van der Waals surface area contributed by atoms with Crippen molar-refractivity contribution in [3.05, 3.63) is 93.7 Å². The van der Waals surface area contributed by atoms with E-state index in [9.17, 15) is 8.42 Å². The second kappa shape index (κ2) is 14.5. The van der Waals surface area contributed by atoms with Crippen LogP contribution in [0.25, 0.3) is 11.3 Å². The predicted molar refractivity (Wildman–Crippen MR) is 180 cm³/mol. The van der Waals surface area contributed by atoms with Crippen LogP contribution in [0.1, 0.15) is 40.1 Å². The number of nitrogens with one attached hydrogen (secondary N) is 1. The average molecular weight is 662 g/mol. The van der Waals surface area contributed by atoms with Crippen molar-refractivity contribution < 1.29 is 13.2 Å². The van der Waals surface area contributed by atoms with Gasteiger partial charge in [-0.25, -0.2) is 13.4 Å². The number of aromatic nitrogens is 4. The van der Waals surface area contributed by atoms with Gasteiger partial charge in [0.25, 0.3) is 0 Å². The van der Waals surface area contributed by atoms with Crippen LogP contribution < -0.4 is 5.32 Å². The molecule has 4 heterocycles. The summed E-state index contributed by atoms with van der Waals surface area (Å²) in [5.41, 5.74) is 7.62. The van der Waals surface area contributed by atoms with Gasteiger partial charge in [0.1, 0.15) is 0 Å². The first-order chi connectivity index (χ1) is 22.2. The minimum Gasteiger partial charge on any atom is -0.379 e. The molecule has 2 aromatic carbocycles. The molecule has 0 radical (unpaired) electrons. The molecule has 46 heavy (non-hydrogen) atoms. The quantitative estimate of drug-likeness (QED) is 0.259. The number of sulfonamides is 1. The SMILES string of the molecule is Cn1cncc1CNCc1ccc(C#Cc2cc(-c3nn(CCCN4CCOCC4)c4c3CN(S(C)(=O)=O)CC4)ccc2Cl)cc1. The molecule has 0 amide bonds. The van der Waals surface area contributed by atoms with Crippen LogP contribution in [-0.2, 0) is 54.4 Å². The first-order valence-electron chi connectivity index (χ1n) is 15.6. The lowest BCUT2D eigenvalue weighted by Crippen LogP contribution is -2.37. The molecule has 1 saturated heterocycles. The van der Waals surface area contributed by atoms with Crippen molar-refractivity contribution in [2.45, 2.75) is 39.0 Å². The van der Waals surface area contributed by atoms with Gasteiger partial charge in [-0.05, 0) is 36.2 Å². The van der Waals surface area contributed by atoms with E-state index in [4.69, 9.17) is 21.4 Å². The van der Waals surface area contributed by atoms with E-state index in [2.05, 4.69) is 43.9 Å². The van der Waals surface area contributed by atoms with Gasteiger partial charge in [-0.3, -0.25) is 9.58 Å². The molecule has 242 valence electrons. The summed E-state index contributed by atoms with van der Waals surface area (Å²) in [4.78, 5) is 6.58. The highest BCUT2D eigenvalue weighted by Crippen LogP contribution is 2.33. The smallest absolute Gasteiger partial charge is 0.211 e. The van der Waals surface area contributed by atoms with Crippen molar-refractivity contribution in [3.8, 4) is 23.1 Å². The van der Waals surface area contributed by atoms with E-state index in [1.165, 1.54) is 16.1 Å². The number of halogens is 1. The molecule has 6 rings (SSSR count). The van der Waals surface area contributed by atoms with E-state index in [0.29, 0.717) is 30.1 Å². The van der Waals surface area contributed by atoms with Crippen molar-refractivity contribution in [3.63, 3.8) is 0 Å². The lowest BCUT2D eigenvalue weighted by molar-refractivity contribution is 0.0368.